The first-order valence-corrected chi connectivity index (χ1v) is 2.95. The summed E-state index contributed by atoms with van der Waals surface area (Å²) >= 11 is 0. The lowest BCUT2D eigenvalue weighted by Gasteiger charge is -2.03. The van der Waals surface area contributed by atoms with E-state index in [1.165, 1.54) is 0 Å². The Balaban J connectivity index is 2.83. The van der Waals surface area contributed by atoms with E-state index >= 15 is 0 Å². The van der Waals surface area contributed by atoms with Crippen LogP contribution in [0, 0.1) is 6.08 Å². The van der Waals surface area contributed by atoms with Gasteiger partial charge in [-0.1, -0.05) is 6.08 Å². The van der Waals surface area contributed by atoms with Crippen molar-refractivity contribution in [2.75, 3.05) is 14.1 Å². The number of allylic oxidation sites excluding steroid dienone is 2. The second-order valence-corrected chi connectivity index (χ2v) is 2.14. The van der Waals surface area contributed by atoms with Crippen LogP contribution in [-0.4, -0.2) is 24.4 Å². The zero-order valence-corrected chi connectivity index (χ0v) is 5.76. The molecule has 2 nitrogen and oxygen atoms in total. The molecule has 0 saturated carbocycles. The number of nitrogens with two attached hydrogens (primary N) is 1. The molecule has 0 saturated heterocycles. The molecule has 0 spiro atoms. The summed E-state index contributed by atoms with van der Waals surface area (Å²) < 4.78 is 2.03. The zero-order chi connectivity index (χ0) is 6.69. The first kappa shape index (κ1) is 6.23. The monoisotopic (exact) mass is 123 g/mol. The molecule has 2 N–H and O–H groups in total. The van der Waals surface area contributed by atoms with Crippen LogP contribution in [0.4, 0.5) is 0 Å². The summed E-state index contributed by atoms with van der Waals surface area (Å²) in [5, 5.41) is 1.97. The quantitative estimate of drug-likeness (QED) is 0.318. The molecule has 1 rings (SSSR count). The number of nitrogens with zero attached hydrogens (tertiary/aromatic N) is 1. The summed E-state index contributed by atoms with van der Waals surface area (Å²) in [4.78, 5) is 0. The Kier molecular flexibility index (Phi) is 1.80. The largest absolute Gasteiger partial charge is 0.324 e. The van der Waals surface area contributed by atoms with Gasteiger partial charge in [0.05, 0.1) is 0 Å². The minimum atomic E-state index is 1.12. The third-order valence-corrected chi connectivity index (χ3v) is 1.17. The van der Waals surface area contributed by atoms with Gasteiger partial charge in [0.25, 0.3) is 0 Å². The lowest BCUT2D eigenvalue weighted by molar-refractivity contribution is -0.517. The van der Waals surface area contributed by atoms with Gasteiger partial charge in [0.1, 0.15) is 14.1 Å². The van der Waals surface area contributed by atoms with E-state index in [-0.39, 0.29) is 0 Å². The van der Waals surface area contributed by atoms with Gasteiger partial charge in [0.2, 0.25) is 0 Å². The average molecular weight is 123 g/mol. The molecule has 0 amide bonds. The van der Waals surface area contributed by atoms with Gasteiger partial charge in [-0.25, -0.2) is 0 Å². The number of quaternary nitrogens is 1. The predicted molar refractivity (Wildman–Crippen MR) is 36.0 cm³/mol. The van der Waals surface area contributed by atoms with Crippen molar-refractivity contribution in [1.29, 1.82) is 0 Å². The van der Waals surface area contributed by atoms with E-state index in [0.717, 1.165) is 5.71 Å². The van der Waals surface area contributed by atoms with Gasteiger partial charge in [-0.2, -0.15) is 0 Å². The minimum Gasteiger partial charge on any atom is -0.324 e. The van der Waals surface area contributed by atoms with Crippen LogP contribution in [0.15, 0.2) is 18.5 Å². The fourth-order valence-electron chi connectivity index (χ4n) is 0.662. The number of hydrogen-bond donors (Lipinski definition) is 1. The second kappa shape index (κ2) is 2.60. The fraction of sp³-hybridized carbons (Fsp3) is 0.286. The molecule has 48 valence electrons. The van der Waals surface area contributed by atoms with E-state index in [1.807, 2.05) is 42.5 Å². The van der Waals surface area contributed by atoms with E-state index in [2.05, 4.69) is 6.08 Å². The molecule has 1 aliphatic heterocycles. The molecule has 1 aliphatic rings. The van der Waals surface area contributed by atoms with Crippen LogP contribution in [0.3, 0.4) is 0 Å². The highest BCUT2D eigenvalue weighted by atomic mass is 14.9. The van der Waals surface area contributed by atoms with Crippen molar-refractivity contribution in [2.45, 2.75) is 0 Å². The van der Waals surface area contributed by atoms with Crippen LogP contribution < -0.4 is 5.32 Å². The maximum absolute atomic E-state index is 3.09. The summed E-state index contributed by atoms with van der Waals surface area (Å²) in [6.07, 6.45) is 9.04. The zero-order valence-electron chi connectivity index (χ0n) is 5.76. The van der Waals surface area contributed by atoms with Gasteiger partial charge in [-0.05, 0) is 0 Å². The third-order valence-electron chi connectivity index (χ3n) is 1.17. The lowest BCUT2D eigenvalue weighted by atomic mass is 10.3. The summed E-state index contributed by atoms with van der Waals surface area (Å²) in [5.74, 6) is 0. The van der Waals surface area contributed by atoms with Gasteiger partial charge in [-0.3, -0.25) is 4.58 Å². The molecule has 0 aromatic rings. The Bertz CT molecular complexity index is 169. The van der Waals surface area contributed by atoms with Crippen LogP contribution in [0.2, 0.25) is 0 Å². The molecule has 0 aromatic carbocycles. The van der Waals surface area contributed by atoms with E-state index in [0.29, 0.717) is 0 Å². The van der Waals surface area contributed by atoms with Crippen molar-refractivity contribution in [3.63, 3.8) is 0 Å². The Morgan fingerprint density at radius 3 is 2.67 bits per heavy atom. The van der Waals surface area contributed by atoms with Gasteiger partial charge >= 0.3 is 0 Å². The van der Waals surface area contributed by atoms with Crippen molar-refractivity contribution in [2.24, 2.45) is 0 Å². The molecule has 0 bridgehead atoms. The highest BCUT2D eigenvalue weighted by Crippen LogP contribution is 1.80. The van der Waals surface area contributed by atoms with Crippen molar-refractivity contribution in [3.8, 4) is 0 Å². The van der Waals surface area contributed by atoms with E-state index in [9.17, 15) is 0 Å². The SMILES string of the molecule is C[N+](C)=C1[C-]=C[NH2+]C=C1. The van der Waals surface area contributed by atoms with Crippen molar-refractivity contribution >= 4 is 5.71 Å². The highest BCUT2D eigenvalue weighted by molar-refractivity contribution is 5.96. The molecule has 9 heavy (non-hydrogen) atoms. The van der Waals surface area contributed by atoms with E-state index < -0.39 is 0 Å². The maximum Gasteiger partial charge on any atom is 0.130 e. The number of rotatable bonds is 0. The van der Waals surface area contributed by atoms with E-state index in [1.54, 1.807) is 0 Å². The average Bonchev–Trinajstić information content (AvgIpc) is 1.90. The molecule has 0 aliphatic carbocycles. The molecule has 1 heterocycles. The third kappa shape index (κ3) is 1.50. The maximum atomic E-state index is 3.09. The van der Waals surface area contributed by atoms with Crippen molar-refractivity contribution < 1.29 is 9.89 Å². The van der Waals surface area contributed by atoms with Crippen LogP contribution in [-0.2, 0) is 0 Å². The molecule has 2 heteroatoms. The Morgan fingerprint density at radius 1 is 1.56 bits per heavy atom. The Hall–Kier alpha value is -0.890. The molecule has 0 aromatic heterocycles. The summed E-state index contributed by atoms with van der Waals surface area (Å²) in [6, 6.07) is 0. The Morgan fingerprint density at radius 2 is 2.33 bits per heavy atom. The highest BCUT2D eigenvalue weighted by Gasteiger charge is 1.89. The summed E-state index contributed by atoms with van der Waals surface area (Å²) in [7, 11) is 4.01. The first-order valence-electron chi connectivity index (χ1n) is 2.95. The minimum absolute atomic E-state index is 1.12. The molecular formula is C7H11N2+. The number of hydrogen-bond acceptors (Lipinski definition) is 0. The Labute approximate surface area is 55.2 Å². The smallest absolute Gasteiger partial charge is 0.130 e. The van der Waals surface area contributed by atoms with Gasteiger partial charge in [0.15, 0.2) is 0 Å². The first-order chi connectivity index (χ1) is 4.30. The molecule has 0 fully saturated rings. The predicted octanol–water partition coefficient (Wildman–Crippen LogP) is -0.893. The van der Waals surface area contributed by atoms with Crippen molar-refractivity contribution in [3.05, 3.63) is 24.6 Å². The van der Waals surface area contributed by atoms with Crippen LogP contribution in [0.1, 0.15) is 0 Å². The standard InChI is InChI=1S/C7H9N2/c1-9(2)7-3-5-8-6-4-7/h3,5-6H,1-2H3/q-1/p+2. The van der Waals surface area contributed by atoms with Crippen LogP contribution in [0.25, 0.3) is 0 Å². The summed E-state index contributed by atoms with van der Waals surface area (Å²) in [6.45, 7) is 0. The fourth-order valence-corrected chi connectivity index (χ4v) is 0.662. The van der Waals surface area contributed by atoms with Gasteiger partial charge < -0.3 is 5.32 Å². The van der Waals surface area contributed by atoms with Gasteiger partial charge in [0, 0.05) is 18.1 Å². The summed E-state index contributed by atoms with van der Waals surface area (Å²) in [5.41, 5.74) is 1.12. The lowest BCUT2D eigenvalue weighted by Crippen LogP contribution is -2.72. The topological polar surface area (TPSA) is 19.6 Å². The molecule has 0 unspecified atom stereocenters. The van der Waals surface area contributed by atoms with Crippen LogP contribution in [0.5, 0.6) is 0 Å². The van der Waals surface area contributed by atoms with Gasteiger partial charge in [-0.15, -0.1) is 6.08 Å². The normalized spacial score (nSPS) is 16.4. The van der Waals surface area contributed by atoms with Crippen molar-refractivity contribution in [1.82, 2.24) is 0 Å². The molecular weight excluding hydrogens is 112 g/mol. The molecule has 0 atom stereocenters. The van der Waals surface area contributed by atoms with Crippen LogP contribution >= 0.6 is 0 Å². The second-order valence-electron chi connectivity index (χ2n) is 2.14. The van der Waals surface area contributed by atoms with E-state index in [4.69, 9.17) is 0 Å². The molecule has 0 radical (unpaired) electrons.